The van der Waals surface area contributed by atoms with Crippen LogP contribution in [-0.2, 0) is 10.0 Å². The molecule has 0 aromatic heterocycles. The van der Waals surface area contributed by atoms with Crippen LogP contribution < -0.4 is 4.90 Å². The van der Waals surface area contributed by atoms with E-state index in [0.29, 0.717) is 11.4 Å². The first-order valence-electron chi connectivity index (χ1n) is 9.97. The van der Waals surface area contributed by atoms with Gasteiger partial charge in [-0.05, 0) is 54.4 Å². The standard InChI is InChI=1S/C24H24ClN3O2S/c1-17-4-14-22(15-5-17)31(29,30)28-24(19-6-10-20(25)11-7-19)16-23(26-28)18-8-12-21(13-9-18)27(2)3/h4-15,24H,16H2,1-3H3/t24-/m0/s1. The summed E-state index contributed by atoms with van der Waals surface area (Å²) >= 11 is 6.06. The highest BCUT2D eigenvalue weighted by atomic mass is 35.5. The highest BCUT2D eigenvalue weighted by Crippen LogP contribution is 2.37. The Labute approximate surface area is 188 Å². The highest BCUT2D eigenvalue weighted by Gasteiger charge is 2.37. The van der Waals surface area contributed by atoms with E-state index >= 15 is 0 Å². The molecule has 1 atom stereocenters. The molecule has 31 heavy (non-hydrogen) atoms. The fourth-order valence-electron chi connectivity index (χ4n) is 3.59. The number of nitrogens with zero attached hydrogens (tertiary/aromatic N) is 3. The highest BCUT2D eigenvalue weighted by molar-refractivity contribution is 7.89. The molecule has 1 heterocycles. The number of hydrazone groups is 1. The Balaban J connectivity index is 1.76. The summed E-state index contributed by atoms with van der Waals surface area (Å²) < 4.78 is 28.3. The Morgan fingerprint density at radius 1 is 0.935 bits per heavy atom. The first-order chi connectivity index (χ1) is 14.8. The Kier molecular flexibility index (Phi) is 5.77. The first kappa shape index (κ1) is 21.4. The number of halogens is 1. The van der Waals surface area contributed by atoms with Crippen molar-refractivity contribution in [3.05, 3.63) is 94.5 Å². The molecule has 7 heteroatoms. The van der Waals surface area contributed by atoms with E-state index in [-0.39, 0.29) is 4.90 Å². The van der Waals surface area contributed by atoms with E-state index in [0.717, 1.165) is 28.1 Å². The lowest BCUT2D eigenvalue weighted by Gasteiger charge is -2.23. The van der Waals surface area contributed by atoms with Crippen molar-refractivity contribution in [1.29, 1.82) is 0 Å². The second kappa shape index (κ2) is 8.36. The van der Waals surface area contributed by atoms with Crippen molar-refractivity contribution in [3.63, 3.8) is 0 Å². The van der Waals surface area contributed by atoms with E-state index in [1.54, 1.807) is 36.4 Å². The molecule has 1 aliphatic rings. The molecule has 0 N–H and O–H groups in total. The molecule has 0 radical (unpaired) electrons. The van der Waals surface area contributed by atoms with Crippen molar-refractivity contribution >= 4 is 33.0 Å². The second-order valence-electron chi connectivity index (χ2n) is 7.85. The van der Waals surface area contributed by atoms with Crippen LogP contribution in [0.5, 0.6) is 0 Å². The molecule has 0 saturated heterocycles. The summed E-state index contributed by atoms with van der Waals surface area (Å²) in [5.41, 5.74) is 4.57. The number of aryl methyl sites for hydroxylation is 1. The van der Waals surface area contributed by atoms with Crippen LogP contribution in [0.3, 0.4) is 0 Å². The summed E-state index contributed by atoms with van der Waals surface area (Å²) in [4.78, 5) is 2.25. The molecule has 0 aliphatic carbocycles. The van der Waals surface area contributed by atoms with Gasteiger partial charge in [-0.15, -0.1) is 0 Å². The Bertz CT molecular complexity index is 1200. The summed E-state index contributed by atoms with van der Waals surface area (Å²) in [6.45, 7) is 1.93. The van der Waals surface area contributed by atoms with Gasteiger partial charge in [0.15, 0.2) is 0 Å². The molecule has 4 rings (SSSR count). The van der Waals surface area contributed by atoms with E-state index in [2.05, 4.69) is 5.10 Å². The molecule has 0 saturated carbocycles. The van der Waals surface area contributed by atoms with Crippen LogP contribution in [0, 0.1) is 6.92 Å². The third-order valence-corrected chi connectivity index (χ3v) is 7.36. The summed E-state index contributed by atoms with van der Waals surface area (Å²) in [6.07, 6.45) is 0.480. The topological polar surface area (TPSA) is 53.0 Å². The zero-order valence-corrected chi connectivity index (χ0v) is 19.2. The quantitative estimate of drug-likeness (QED) is 0.529. The van der Waals surface area contributed by atoms with E-state index in [1.807, 2.05) is 62.3 Å². The van der Waals surface area contributed by atoms with Crippen LogP contribution in [-0.4, -0.2) is 32.6 Å². The summed E-state index contributed by atoms with van der Waals surface area (Å²) in [5, 5.41) is 5.21. The Hall–Kier alpha value is -2.83. The van der Waals surface area contributed by atoms with Crippen LogP contribution in [0.1, 0.15) is 29.2 Å². The van der Waals surface area contributed by atoms with Crippen molar-refractivity contribution < 1.29 is 8.42 Å². The maximum Gasteiger partial charge on any atom is 0.279 e. The molecule has 5 nitrogen and oxygen atoms in total. The van der Waals surface area contributed by atoms with Crippen molar-refractivity contribution in [2.24, 2.45) is 5.10 Å². The van der Waals surface area contributed by atoms with Gasteiger partial charge in [0.2, 0.25) is 0 Å². The minimum Gasteiger partial charge on any atom is -0.378 e. The van der Waals surface area contributed by atoms with Gasteiger partial charge < -0.3 is 4.90 Å². The predicted octanol–water partition coefficient (Wildman–Crippen LogP) is 5.25. The van der Waals surface area contributed by atoms with E-state index < -0.39 is 16.1 Å². The lowest BCUT2D eigenvalue weighted by molar-refractivity contribution is 0.371. The molecule has 0 amide bonds. The van der Waals surface area contributed by atoms with Gasteiger partial charge in [-0.3, -0.25) is 0 Å². The summed E-state index contributed by atoms with van der Waals surface area (Å²) in [7, 11) is 0.141. The zero-order chi connectivity index (χ0) is 22.2. The van der Waals surface area contributed by atoms with Gasteiger partial charge in [0, 0.05) is 31.2 Å². The maximum atomic E-state index is 13.5. The van der Waals surface area contributed by atoms with Gasteiger partial charge in [0.1, 0.15) is 0 Å². The number of sulfonamides is 1. The molecular weight excluding hydrogens is 430 g/mol. The Morgan fingerprint density at radius 3 is 2.13 bits per heavy atom. The van der Waals surface area contributed by atoms with Gasteiger partial charge in [-0.25, -0.2) is 0 Å². The van der Waals surface area contributed by atoms with E-state index in [4.69, 9.17) is 11.6 Å². The minimum atomic E-state index is -3.82. The third kappa shape index (κ3) is 4.31. The molecule has 3 aromatic carbocycles. The molecule has 0 unspecified atom stereocenters. The number of benzene rings is 3. The SMILES string of the molecule is Cc1ccc(S(=O)(=O)N2N=C(c3ccc(N(C)C)cc3)C[C@H]2c2ccc(Cl)cc2)cc1. The van der Waals surface area contributed by atoms with Crippen molar-refractivity contribution in [2.45, 2.75) is 24.3 Å². The van der Waals surface area contributed by atoms with Crippen LogP contribution >= 0.6 is 11.6 Å². The van der Waals surface area contributed by atoms with Gasteiger partial charge in [0.25, 0.3) is 10.0 Å². The van der Waals surface area contributed by atoms with Gasteiger partial charge in [-0.2, -0.15) is 17.9 Å². The van der Waals surface area contributed by atoms with Gasteiger partial charge in [0.05, 0.1) is 16.6 Å². The number of rotatable bonds is 5. The van der Waals surface area contributed by atoms with Crippen LogP contribution in [0.2, 0.25) is 5.02 Å². The van der Waals surface area contributed by atoms with Crippen LogP contribution in [0.4, 0.5) is 5.69 Å². The number of hydrogen-bond acceptors (Lipinski definition) is 4. The van der Waals surface area contributed by atoms with Gasteiger partial charge >= 0.3 is 0 Å². The lowest BCUT2D eigenvalue weighted by Crippen LogP contribution is -2.27. The number of hydrogen-bond donors (Lipinski definition) is 0. The minimum absolute atomic E-state index is 0.227. The molecular formula is C24H24ClN3O2S. The maximum absolute atomic E-state index is 13.5. The molecule has 160 valence electrons. The molecule has 0 fully saturated rings. The third-order valence-electron chi connectivity index (χ3n) is 5.41. The first-order valence-corrected chi connectivity index (χ1v) is 11.8. The van der Waals surface area contributed by atoms with Crippen molar-refractivity contribution in [3.8, 4) is 0 Å². The predicted molar refractivity (Wildman–Crippen MR) is 126 cm³/mol. The van der Waals surface area contributed by atoms with E-state index in [9.17, 15) is 8.42 Å². The molecule has 1 aliphatic heterocycles. The van der Waals surface area contributed by atoms with Crippen LogP contribution in [0.25, 0.3) is 0 Å². The second-order valence-corrected chi connectivity index (χ2v) is 10.1. The largest absolute Gasteiger partial charge is 0.378 e. The van der Waals surface area contributed by atoms with Gasteiger partial charge in [-0.1, -0.05) is 53.6 Å². The average Bonchev–Trinajstić information content (AvgIpc) is 3.21. The van der Waals surface area contributed by atoms with E-state index in [1.165, 1.54) is 4.41 Å². The average molecular weight is 454 g/mol. The molecule has 0 bridgehead atoms. The molecule has 0 spiro atoms. The summed E-state index contributed by atoms with van der Waals surface area (Å²) in [5.74, 6) is 0. The molecule has 3 aromatic rings. The summed E-state index contributed by atoms with van der Waals surface area (Å²) in [6, 6.07) is 21.7. The number of anilines is 1. The van der Waals surface area contributed by atoms with Crippen molar-refractivity contribution in [2.75, 3.05) is 19.0 Å². The fraction of sp³-hybridized carbons (Fsp3) is 0.208. The van der Waals surface area contributed by atoms with Crippen molar-refractivity contribution in [1.82, 2.24) is 4.41 Å². The smallest absolute Gasteiger partial charge is 0.279 e. The normalized spacial score (nSPS) is 16.3. The monoisotopic (exact) mass is 453 g/mol. The van der Waals surface area contributed by atoms with Crippen LogP contribution in [0.15, 0.2) is 82.8 Å². The Morgan fingerprint density at radius 2 is 1.55 bits per heavy atom. The fourth-order valence-corrected chi connectivity index (χ4v) is 5.15. The zero-order valence-electron chi connectivity index (χ0n) is 17.7. The lowest BCUT2D eigenvalue weighted by atomic mass is 9.99.